The van der Waals surface area contributed by atoms with Gasteiger partial charge in [-0.05, 0) is 30.5 Å². The molecule has 0 unspecified atom stereocenters. The van der Waals surface area contributed by atoms with Gasteiger partial charge in [0.05, 0.1) is 40.0 Å². The van der Waals surface area contributed by atoms with Crippen molar-refractivity contribution in [2.45, 2.75) is 19.8 Å². The van der Waals surface area contributed by atoms with E-state index in [2.05, 4.69) is 49.0 Å². The van der Waals surface area contributed by atoms with Crippen molar-refractivity contribution < 1.29 is 9.22 Å². The highest BCUT2D eigenvalue weighted by Gasteiger charge is 2.28. The molecule has 2 aliphatic heterocycles. The van der Waals surface area contributed by atoms with Crippen LogP contribution in [0.2, 0.25) is 0 Å². The van der Waals surface area contributed by atoms with E-state index < -0.39 is 0 Å². The number of methoxy groups -OCH3 is 1. The van der Waals surface area contributed by atoms with Gasteiger partial charge in [-0.2, -0.15) is 0 Å². The molecular formula is C20H34N3O+. The van der Waals surface area contributed by atoms with Gasteiger partial charge in [-0.3, -0.25) is 4.90 Å². The molecule has 2 heterocycles. The van der Waals surface area contributed by atoms with E-state index in [1.165, 1.54) is 61.3 Å². The quantitative estimate of drug-likeness (QED) is 0.788. The number of benzene rings is 1. The Morgan fingerprint density at radius 3 is 2.38 bits per heavy atom. The fourth-order valence-corrected chi connectivity index (χ4v) is 4.09. The van der Waals surface area contributed by atoms with Gasteiger partial charge in [0.15, 0.2) is 0 Å². The van der Waals surface area contributed by atoms with Crippen molar-refractivity contribution in [1.29, 1.82) is 0 Å². The first-order chi connectivity index (χ1) is 11.5. The molecule has 4 heteroatoms. The second kappa shape index (κ2) is 7.32. The Kier molecular flexibility index (Phi) is 5.36. The van der Waals surface area contributed by atoms with Crippen LogP contribution in [0, 0.1) is 12.8 Å². The largest absolute Gasteiger partial charge is 0.495 e. The molecule has 0 radical (unpaired) electrons. The summed E-state index contributed by atoms with van der Waals surface area (Å²) in [5.41, 5.74) is 2.51. The van der Waals surface area contributed by atoms with Crippen molar-refractivity contribution in [3.63, 3.8) is 0 Å². The van der Waals surface area contributed by atoms with Gasteiger partial charge in [-0.1, -0.05) is 6.07 Å². The molecule has 0 spiro atoms. The van der Waals surface area contributed by atoms with Crippen molar-refractivity contribution in [3.8, 4) is 5.75 Å². The molecule has 1 aromatic carbocycles. The summed E-state index contributed by atoms with van der Waals surface area (Å²) in [5, 5.41) is 0. The normalized spacial score (nSPS) is 22.6. The number of likely N-dealkylation sites (tertiary alicyclic amines) is 1. The number of anilines is 1. The third-order valence-corrected chi connectivity index (χ3v) is 5.85. The van der Waals surface area contributed by atoms with Gasteiger partial charge in [0, 0.05) is 45.6 Å². The van der Waals surface area contributed by atoms with Crippen molar-refractivity contribution >= 4 is 5.69 Å². The van der Waals surface area contributed by atoms with Crippen LogP contribution >= 0.6 is 0 Å². The maximum atomic E-state index is 5.59. The summed E-state index contributed by atoms with van der Waals surface area (Å²) in [6, 6.07) is 6.54. The van der Waals surface area contributed by atoms with Crippen LogP contribution in [0.15, 0.2) is 18.2 Å². The van der Waals surface area contributed by atoms with Crippen LogP contribution in [-0.2, 0) is 0 Å². The number of piperazine rings is 1. The summed E-state index contributed by atoms with van der Waals surface area (Å²) < 4.78 is 6.80. The van der Waals surface area contributed by atoms with Crippen LogP contribution < -0.4 is 9.64 Å². The molecule has 2 aliphatic rings. The molecule has 0 saturated carbocycles. The number of hydrogen-bond acceptors (Lipinski definition) is 3. The van der Waals surface area contributed by atoms with E-state index in [1.807, 2.05) is 0 Å². The molecule has 3 rings (SSSR count). The summed E-state index contributed by atoms with van der Waals surface area (Å²) in [5.74, 6) is 1.91. The third-order valence-electron chi connectivity index (χ3n) is 5.85. The van der Waals surface area contributed by atoms with Gasteiger partial charge in [-0.25, -0.2) is 0 Å². The van der Waals surface area contributed by atoms with Gasteiger partial charge >= 0.3 is 0 Å². The summed E-state index contributed by atoms with van der Waals surface area (Å²) in [4.78, 5) is 5.16. The van der Waals surface area contributed by atoms with Gasteiger partial charge in [0.1, 0.15) is 5.75 Å². The SMILES string of the molecule is COc1cc(C)ccc1N1CCN(CC2CC[N+](C)(C)CC2)CC1. The lowest BCUT2D eigenvalue weighted by atomic mass is 9.95. The molecule has 0 N–H and O–H groups in total. The Hall–Kier alpha value is -1.26. The molecule has 2 fully saturated rings. The van der Waals surface area contributed by atoms with Gasteiger partial charge < -0.3 is 14.1 Å². The highest BCUT2D eigenvalue weighted by Crippen LogP contribution is 2.30. The molecule has 0 amide bonds. The highest BCUT2D eigenvalue weighted by atomic mass is 16.5. The predicted molar refractivity (Wildman–Crippen MR) is 101 cm³/mol. The lowest BCUT2D eigenvalue weighted by Gasteiger charge is -2.41. The standard InChI is InChI=1S/C20H34N3O/c1-17-5-6-19(20(15-17)24-4)22-11-9-21(10-12-22)16-18-7-13-23(2,3)14-8-18/h5-6,15,18H,7-14,16H2,1-4H3/q+1. The average molecular weight is 333 g/mol. The lowest BCUT2D eigenvalue weighted by molar-refractivity contribution is -0.896. The fourth-order valence-electron chi connectivity index (χ4n) is 4.09. The number of quaternary nitrogens is 1. The lowest BCUT2D eigenvalue weighted by Crippen LogP contribution is -2.51. The minimum absolute atomic E-state index is 0.900. The van der Waals surface area contributed by atoms with Crippen LogP contribution in [0.4, 0.5) is 5.69 Å². The van der Waals surface area contributed by atoms with Crippen molar-refractivity contribution in [1.82, 2.24) is 4.90 Å². The van der Waals surface area contributed by atoms with E-state index in [0.717, 1.165) is 24.8 Å². The summed E-state index contributed by atoms with van der Waals surface area (Å²) in [7, 11) is 6.51. The fraction of sp³-hybridized carbons (Fsp3) is 0.700. The first-order valence-corrected chi connectivity index (χ1v) is 9.41. The smallest absolute Gasteiger partial charge is 0.142 e. The topological polar surface area (TPSA) is 15.7 Å². The molecule has 0 aromatic heterocycles. The Morgan fingerprint density at radius 1 is 1.08 bits per heavy atom. The number of hydrogen-bond donors (Lipinski definition) is 0. The van der Waals surface area contributed by atoms with Gasteiger partial charge in [0.25, 0.3) is 0 Å². The van der Waals surface area contributed by atoms with Crippen molar-refractivity contribution in [2.24, 2.45) is 5.92 Å². The Labute approximate surface area is 147 Å². The predicted octanol–water partition coefficient (Wildman–Crippen LogP) is 2.61. The molecule has 2 saturated heterocycles. The zero-order valence-corrected chi connectivity index (χ0v) is 15.9. The summed E-state index contributed by atoms with van der Waals surface area (Å²) >= 11 is 0. The van der Waals surface area contributed by atoms with E-state index in [1.54, 1.807) is 7.11 Å². The Morgan fingerprint density at radius 2 is 1.75 bits per heavy atom. The van der Waals surface area contributed by atoms with Gasteiger partial charge in [-0.15, -0.1) is 0 Å². The number of aryl methyl sites for hydroxylation is 1. The van der Waals surface area contributed by atoms with Crippen molar-refractivity contribution in [2.75, 3.05) is 71.9 Å². The molecule has 134 valence electrons. The number of rotatable bonds is 4. The van der Waals surface area contributed by atoms with Crippen LogP contribution in [-0.4, -0.2) is 76.4 Å². The molecule has 0 bridgehead atoms. The molecular weight excluding hydrogens is 298 g/mol. The molecule has 24 heavy (non-hydrogen) atoms. The number of piperidine rings is 1. The van der Waals surface area contributed by atoms with E-state index in [9.17, 15) is 0 Å². The molecule has 4 nitrogen and oxygen atoms in total. The van der Waals surface area contributed by atoms with E-state index in [0.29, 0.717) is 0 Å². The Balaban J connectivity index is 1.51. The van der Waals surface area contributed by atoms with E-state index in [-0.39, 0.29) is 0 Å². The number of ether oxygens (including phenoxy) is 1. The Bertz CT molecular complexity index is 540. The van der Waals surface area contributed by atoms with Gasteiger partial charge in [0.2, 0.25) is 0 Å². The molecule has 0 aliphatic carbocycles. The van der Waals surface area contributed by atoms with E-state index >= 15 is 0 Å². The minimum Gasteiger partial charge on any atom is -0.495 e. The highest BCUT2D eigenvalue weighted by molar-refractivity contribution is 5.60. The summed E-state index contributed by atoms with van der Waals surface area (Å²) in [6.45, 7) is 10.6. The zero-order valence-electron chi connectivity index (χ0n) is 15.9. The molecule has 0 atom stereocenters. The first kappa shape index (κ1) is 17.6. The monoisotopic (exact) mass is 332 g/mol. The van der Waals surface area contributed by atoms with Crippen LogP contribution in [0.25, 0.3) is 0 Å². The number of nitrogens with zero attached hydrogens (tertiary/aromatic N) is 3. The zero-order chi connectivity index (χ0) is 17.2. The first-order valence-electron chi connectivity index (χ1n) is 9.41. The van der Waals surface area contributed by atoms with Crippen LogP contribution in [0.1, 0.15) is 18.4 Å². The van der Waals surface area contributed by atoms with Crippen LogP contribution in [0.3, 0.4) is 0 Å². The maximum Gasteiger partial charge on any atom is 0.142 e. The van der Waals surface area contributed by atoms with E-state index in [4.69, 9.17) is 4.74 Å². The average Bonchev–Trinajstić information content (AvgIpc) is 2.57. The van der Waals surface area contributed by atoms with Crippen molar-refractivity contribution in [3.05, 3.63) is 23.8 Å². The minimum atomic E-state index is 0.900. The van der Waals surface area contributed by atoms with Crippen LogP contribution in [0.5, 0.6) is 5.75 Å². The second-order valence-electron chi connectivity index (χ2n) is 8.29. The third kappa shape index (κ3) is 4.22. The maximum absolute atomic E-state index is 5.59. The summed E-state index contributed by atoms with van der Waals surface area (Å²) in [6.07, 6.45) is 2.78. The second-order valence-corrected chi connectivity index (χ2v) is 8.29. The molecule has 1 aromatic rings.